The number of ketones is 2. The molecule has 5 aromatic rings. The highest BCUT2D eigenvalue weighted by Gasteiger charge is 2.18. The van der Waals surface area contributed by atoms with Crippen molar-refractivity contribution in [3.8, 4) is 0 Å². The maximum atomic E-state index is 12.3. The van der Waals surface area contributed by atoms with Gasteiger partial charge in [0, 0.05) is 19.8 Å². The van der Waals surface area contributed by atoms with Gasteiger partial charge in [-0.05, 0) is 72.8 Å². The maximum absolute atomic E-state index is 12.3. The predicted molar refractivity (Wildman–Crippen MR) is 157 cm³/mol. The first-order chi connectivity index (χ1) is 20.0. The largest absolute Gasteiger partial charge is 0.461 e. The van der Waals surface area contributed by atoms with Crippen LogP contribution in [0.2, 0.25) is 0 Å². The number of aromatic nitrogens is 2. The van der Waals surface area contributed by atoms with Crippen molar-refractivity contribution in [1.82, 2.24) is 14.3 Å². The molecule has 0 bridgehead atoms. The van der Waals surface area contributed by atoms with Gasteiger partial charge in [-0.15, -0.1) is 0 Å². The first-order valence-electron chi connectivity index (χ1n) is 12.2. The average Bonchev–Trinajstić information content (AvgIpc) is 3.68. The summed E-state index contributed by atoms with van der Waals surface area (Å²) in [6.45, 7) is 0. The Hall–Kier alpha value is -5.47. The van der Waals surface area contributed by atoms with Gasteiger partial charge in [-0.1, -0.05) is 0 Å². The summed E-state index contributed by atoms with van der Waals surface area (Å²) in [5.74, 6) is 0.634. The van der Waals surface area contributed by atoms with E-state index in [1.807, 2.05) is 0 Å². The first-order valence-corrected chi connectivity index (χ1v) is 13.7. The zero-order valence-corrected chi connectivity index (χ0v) is 23.3. The number of carbonyl (C=O) groups is 2. The quantitative estimate of drug-likeness (QED) is 0.191. The molecule has 0 amide bonds. The van der Waals surface area contributed by atoms with Gasteiger partial charge in [0.25, 0.3) is 0 Å². The molecule has 0 unspecified atom stereocenters. The summed E-state index contributed by atoms with van der Waals surface area (Å²) in [6.07, 6.45) is 2.83. The number of benzene rings is 1. The molecular weight excluding hydrogens is 562 g/mol. The van der Waals surface area contributed by atoms with E-state index in [0.29, 0.717) is 17.1 Å². The molecule has 42 heavy (non-hydrogen) atoms. The number of furan rings is 2. The molecule has 0 aliphatic heterocycles. The minimum Gasteiger partial charge on any atom is -0.461 e. The molecule has 7 N–H and O–H groups in total. The Morgan fingerprint density at radius 3 is 1.71 bits per heavy atom. The van der Waals surface area contributed by atoms with Crippen molar-refractivity contribution in [3.05, 3.63) is 108 Å². The number of rotatable bonds is 8. The van der Waals surface area contributed by atoms with Gasteiger partial charge in [-0.25, -0.2) is 22.7 Å². The van der Waals surface area contributed by atoms with Crippen LogP contribution in [0.3, 0.4) is 0 Å². The van der Waals surface area contributed by atoms with Gasteiger partial charge in [0.2, 0.25) is 21.6 Å². The molecule has 13 nitrogen and oxygen atoms in total. The van der Waals surface area contributed by atoms with Crippen molar-refractivity contribution >= 4 is 50.5 Å². The standard InChI is InChI=1S/C18H18N4O4S.C10H9N3O2/c1-22(2)27(24,25)13-7-5-12(6-8-13)20-16-10-9-14(18(19)21-16)17(23)15-4-3-11-26-15;11-8-4-3-6(10(12)13-8)9(14)7-2-1-5-15-7/h3-11H,1-2H3,(H3,19,20,21);1-5H,(H4,11,12,13). The second-order valence-corrected chi connectivity index (χ2v) is 11.0. The lowest BCUT2D eigenvalue weighted by molar-refractivity contribution is 0.100. The molecule has 0 saturated heterocycles. The fourth-order valence-corrected chi connectivity index (χ4v) is 4.47. The van der Waals surface area contributed by atoms with Gasteiger partial charge in [0.15, 0.2) is 11.5 Å². The molecule has 0 saturated carbocycles. The van der Waals surface area contributed by atoms with E-state index in [1.54, 1.807) is 48.5 Å². The van der Waals surface area contributed by atoms with Gasteiger partial charge < -0.3 is 31.4 Å². The van der Waals surface area contributed by atoms with Crippen LogP contribution in [-0.2, 0) is 10.0 Å². The van der Waals surface area contributed by atoms with Crippen molar-refractivity contribution < 1.29 is 26.8 Å². The zero-order chi connectivity index (χ0) is 30.4. The number of nitrogen functional groups attached to an aromatic ring is 3. The Bertz CT molecular complexity index is 1800. The van der Waals surface area contributed by atoms with Gasteiger partial charge in [-0.3, -0.25) is 9.59 Å². The lowest BCUT2D eigenvalue weighted by atomic mass is 10.1. The van der Waals surface area contributed by atoms with E-state index in [-0.39, 0.29) is 51.0 Å². The number of nitrogens with two attached hydrogens (primary N) is 3. The summed E-state index contributed by atoms with van der Waals surface area (Å²) in [6, 6.07) is 18.8. The fourth-order valence-electron chi connectivity index (χ4n) is 3.57. The number of nitrogens with one attached hydrogen (secondary N) is 1. The molecule has 0 fully saturated rings. The van der Waals surface area contributed by atoms with Crippen LogP contribution in [0, 0.1) is 0 Å². The van der Waals surface area contributed by atoms with E-state index in [2.05, 4.69) is 15.3 Å². The molecule has 0 radical (unpaired) electrons. The summed E-state index contributed by atoms with van der Waals surface area (Å²) in [4.78, 5) is 32.2. The van der Waals surface area contributed by atoms with E-state index in [0.717, 1.165) is 4.31 Å². The number of hydrogen-bond donors (Lipinski definition) is 4. The molecule has 5 rings (SSSR count). The molecular formula is C28H27N7O6S. The third-order valence-electron chi connectivity index (χ3n) is 5.76. The molecule has 0 aliphatic carbocycles. The number of nitrogens with zero attached hydrogens (tertiary/aromatic N) is 3. The fraction of sp³-hybridized carbons (Fsp3) is 0.0714. The van der Waals surface area contributed by atoms with Gasteiger partial charge in [0.05, 0.1) is 28.5 Å². The highest BCUT2D eigenvalue weighted by molar-refractivity contribution is 7.89. The second-order valence-electron chi connectivity index (χ2n) is 8.85. The van der Waals surface area contributed by atoms with Crippen LogP contribution in [0.4, 0.5) is 29.0 Å². The van der Waals surface area contributed by atoms with Crippen molar-refractivity contribution in [2.45, 2.75) is 4.90 Å². The summed E-state index contributed by atoms with van der Waals surface area (Å²) in [7, 11) is -0.542. The highest BCUT2D eigenvalue weighted by atomic mass is 32.2. The topological polar surface area (TPSA) is 214 Å². The molecule has 4 aromatic heterocycles. The monoisotopic (exact) mass is 589 g/mol. The number of pyridine rings is 2. The average molecular weight is 590 g/mol. The van der Waals surface area contributed by atoms with E-state index >= 15 is 0 Å². The Kier molecular flexibility index (Phi) is 8.69. The summed E-state index contributed by atoms with van der Waals surface area (Å²) >= 11 is 0. The molecule has 0 spiro atoms. The van der Waals surface area contributed by atoms with E-state index in [1.165, 1.54) is 50.9 Å². The van der Waals surface area contributed by atoms with Gasteiger partial charge >= 0.3 is 0 Å². The Balaban J connectivity index is 0.000000227. The molecule has 0 aliphatic rings. The van der Waals surface area contributed by atoms with Crippen molar-refractivity contribution in [3.63, 3.8) is 0 Å². The Morgan fingerprint density at radius 1 is 0.738 bits per heavy atom. The maximum Gasteiger partial charge on any atom is 0.242 e. The van der Waals surface area contributed by atoms with E-state index in [9.17, 15) is 18.0 Å². The molecule has 4 heterocycles. The van der Waals surface area contributed by atoms with Crippen LogP contribution >= 0.6 is 0 Å². The zero-order valence-electron chi connectivity index (χ0n) is 22.5. The van der Waals surface area contributed by atoms with Crippen LogP contribution in [0.25, 0.3) is 0 Å². The van der Waals surface area contributed by atoms with E-state index < -0.39 is 10.0 Å². The third-order valence-corrected chi connectivity index (χ3v) is 7.58. The van der Waals surface area contributed by atoms with Gasteiger partial charge in [0.1, 0.15) is 23.3 Å². The van der Waals surface area contributed by atoms with Gasteiger partial charge in [-0.2, -0.15) is 0 Å². The van der Waals surface area contributed by atoms with E-state index in [4.69, 9.17) is 26.0 Å². The highest BCUT2D eigenvalue weighted by Crippen LogP contribution is 2.22. The summed E-state index contributed by atoms with van der Waals surface area (Å²) in [5, 5.41) is 3.02. The number of carbonyl (C=O) groups excluding carboxylic acids is 2. The minimum absolute atomic E-state index is 0.0632. The third kappa shape index (κ3) is 6.63. The van der Waals surface area contributed by atoms with Crippen LogP contribution in [0.5, 0.6) is 0 Å². The number of hydrogen-bond acceptors (Lipinski definition) is 12. The number of anilines is 5. The SMILES string of the molecule is CN(C)S(=O)(=O)c1ccc(Nc2ccc(C(=O)c3ccco3)c(N)n2)cc1.Nc1ccc(C(=O)c2ccco2)c(N)n1. The Labute approximate surface area is 241 Å². The molecule has 14 heteroatoms. The van der Waals surface area contributed by atoms with Crippen molar-refractivity contribution in [1.29, 1.82) is 0 Å². The Morgan fingerprint density at radius 2 is 1.26 bits per heavy atom. The number of sulfonamides is 1. The lowest BCUT2D eigenvalue weighted by Crippen LogP contribution is -2.22. The lowest BCUT2D eigenvalue weighted by Gasteiger charge is -2.12. The predicted octanol–water partition coefficient (Wildman–Crippen LogP) is 3.55. The summed E-state index contributed by atoms with van der Waals surface area (Å²) in [5.41, 5.74) is 18.1. The van der Waals surface area contributed by atoms with Crippen molar-refractivity contribution in [2.24, 2.45) is 0 Å². The smallest absolute Gasteiger partial charge is 0.242 e. The van der Waals surface area contributed by atoms with Crippen LogP contribution in [-0.4, -0.2) is 48.4 Å². The molecule has 216 valence electrons. The summed E-state index contributed by atoms with van der Waals surface area (Å²) < 4.78 is 35.4. The molecule has 1 aromatic carbocycles. The second kappa shape index (κ2) is 12.4. The van der Waals surface area contributed by atoms with Crippen molar-refractivity contribution in [2.75, 3.05) is 36.6 Å². The molecule has 0 atom stereocenters. The normalized spacial score (nSPS) is 11.0. The van der Waals surface area contributed by atoms with Crippen LogP contribution in [0.1, 0.15) is 32.2 Å². The first kappa shape index (κ1) is 29.5. The van der Waals surface area contributed by atoms with Crippen LogP contribution in [0.15, 0.2) is 99.1 Å². The van der Waals surface area contributed by atoms with Crippen LogP contribution < -0.4 is 22.5 Å². The minimum atomic E-state index is -3.49.